The van der Waals surface area contributed by atoms with E-state index >= 15 is 0 Å². The number of fused-ring (bicyclic) bond motifs is 6. The molecule has 7 N–H and O–H groups in total. The van der Waals surface area contributed by atoms with Crippen LogP contribution in [0, 0.1) is 0 Å². The quantitative estimate of drug-likeness (QED) is 0.0492. The van der Waals surface area contributed by atoms with E-state index in [9.17, 15) is 101 Å². The number of rotatable bonds is 14. The van der Waals surface area contributed by atoms with Crippen LogP contribution in [0.2, 0.25) is 0 Å². The average Bonchev–Trinajstić information content (AvgIpc) is 1.51. The molecule has 16 aliphatic heterocycles. The molecule has 16 heterocycles. The van der Waals surface area contributed by atoms with Crippen molar-refractivity contribution in [3.05, 3.63) is 141 Å². The largest absolute Gasteiger partial charge is 0.481 e. The van der Waals surface area contributed by atoms with Gasteiger partial charge < -0.3 is 68.1 Å². The van der Waals surface area contributed by atoms with E-state index in [1.807, 2.05) is 42.5 Å². The standard InChI is InChI=1S/2C13H10N2O5.2C13H12N2O4.C13H13NO6.C13H13NO5/c16-8-4-2-6(11(17)14-8)15-12(18)5-1-3-7-10(20-7)9(5)13(15)19;16-9-5-4-7(10(17)14-9)15-11(18)6-2-1-3-8-13(6,20-8)12(15)19;16-9-4-2-7(12(17)14-9)15-5-6-1-3-8-11(19-8)10(6)13(15)18;16-10-5-4-8(11(17)14-10)15-6-13-7(12(15)18)2-1-3-9(13)19-13;15-10(16)5-4-8(12(18)19)14-6-13-7(11(14)17)2-1-3-9(13)20-13;15-6-8(2-4-10(16)17)14-5-7-1-3-9-12(19-9)11(7)13(14)18/h1,3,6-7,10H,2,4H2,(H,14,16,17);1-3,7-8H,4-5H2,(H,14,16,17);1,3,7-8,11H,2,4-5H2,(H,14,16,17);1-3,8-9H,4-6H2,(H,14,16,17);1-3,8-9H,4-6H2,(H,15,16)(H,18,19);1,3,6,8-9,12H,2,4-5H2,(H,16,17). The van der Waals surface area contributed by atoms with Crippen molar-refractivity contribution in [3.8, 4) is 0 Å². The van der Waals surface area contributed by atoms with Crippen LogP contribution in [0.25, 0.3) is 0 Å². The second-order valence-corrected chi connectivity index (χ2v) is 30.9. The number of carbonyl (C=O) groups is 20. The van der Waals surface area contributed by atoms with E-state index in [1.165, 1.54) is 9.80 Å². The topological polar surface area (TPSA) is 545 Å². The molecule has 39 nitrogen and oxygen atoms in total. The number of amides is 16. The number of hydrogen-bond donors (Lipinski definition) is 7. The van der Waals surface area contributed by atoms with Crippen molar-refractivity contribution in [3.63, 3.8) is 0 Å². The molecular weight excluding hydrogens is 1540 g/mol. The molecular formula is C78H70N10O29. The van der Waals surface area contributed by atoms with Crippen LogP contribution in [0.4, 0.5) is 0 Å². The summed E-state index contributed by atoms with van der Waals surface area (Å²) in [4.78, 5) is 242. The van der Waals surface area contributed by atoms with Crippen molar-refractivity contribution in [1.29, 1.82) is 0 Å². The average molecular weight is 1610 g/mol. The summed E-state index contributed by atoms with van der Waals surface area (Å²) >= 11 is 0. The zero-order valence-electron chi connectivity index (χ0n) is 61.4. The van der Waals surface area contributed by atoms with E-state index in [1.54, 1.807) is 58.4 Å². The Kier molecular flexibility index (Phi) is 18.9. The SMILES string of the molecule is O=C(O)CCC(C(=O)O)N1CC23OC2C=CC=C3C1=O.O=C1CCC(N2C(=O)C3=C(C2=O)C2OC2C=C3)C(=O)N1.O=C1CCC(N2C(=O)C3=CC=CC4OC34C2=O)C(=O)N1.O=C1CCC(N2CC34OC3C=CC=C4C2=O)C(=O)N1.O=C1CCC(N2CC3=C(C2=O)C2OC2C=C3)C(=O)N1.O=CC(CCC(=O)O)N1CC2=C(C1=O)C1OC1C=C2. The first-order valence-electron chi connectivity index (χ1n) is 37.8. The van der Waals surface area contributed by atoms with E-state index in [0.29, 0.717) is 72.2 Å². The van der Waals surface area contributed by atoms with Crippen molar-refractivity contribution < 1.29 is 140 Å². The van der Waals surface area contributed by atoms with Crippen LogP contribution < -0.4 is 21.3 Å². The van der Waals surface area contributed by atoms with Gasteiger partial charge in [-0.15, -0.1) is 0 Å². The lowest BCUT2D eigenvalue weighted by Crippen LogP contribution is -2.55. The minimum atomic E-state index is -1.21. The molecule has 13 saturated heterocycles. The van der Waals surface area contributed by atoms with Crippen LogP contribution in [0.5, 0.6) is 0 Å². The predicted molar refractivity (Wildman–Crippen MR) is 379 cm³/mol. The summed E-state index contributed by atoms with van der Waals surface area (Å²) in [5, 5.41) is 35.5. The molecule has 22 aliphatic rings. The monoisotopic (exact) mass is 1610 g/mol. The van der Waals surface area contributed by atoms with Crippen LogP contribution in [-0.4, -0.2) is 298 Å². The number of carbonyl (C=O) groups excluding carboxylic acids is 17. The van der Waals surface area contributed by atoms with E-state index in [4.69, 9.17) is 38.6 Å². The molecule has 0 aromatic carbocycles. The van der Waals surface area contributed by atoms with E-state index < -0.39 is 113 Å². The second-order valence-electron chi connectivity index (χ2n) is 30.9. The molecule has 0 saturated carbocycles. The normalized spacial score (nSPS) is 35.0. The molecule has 13 fully saturated rings. The van der Waals surface area contributed by atoms with Gasteiger partial charge in [0.15, 0.2) is 0 Å². The number of carboxylic acid groups (broad SMARTS) is 3. The summed E-state index contributed by atoms with van der Waals surface area (Å²) in [6.07, 6.45) is 27.3. The van der Waals surface area contributed by atoms with Gasteiger partial charge in [0, 0.05) is 51.6 Å². The lowest BCUT2D eigenvalue weighted by molar-refractivity contribution is -0.151. The number of likely N-dealkylation sites (tertiary alicyclic amines) is 3. The van der Waals surface area contributed by atoms with Crippen molar-refractivity contribution >= 4 is 119 Å². The summed E-state index contributed by atoms with van der Waals surface area (Å²) in [6, 6.07) is -4.76. The first-order chi connectivity index (χ1) is 56.0. The highest BCUT2D eigenvalue weighted by Gasteiger charge is 2.74. The third kappa shape index (κ3) is 13.2. The number of aldehydes is 1. The zero-order chi connectivity index (χ0) is 82.5. The molecule has 16 amide bonds. The first kappa shape index (κ1) is 77.0. The van der Waals surface area contributed by atoms with Crippen molar-refractivity contribution in [2.24, 2.45) is 0 Å². The molecule has 0 aromatic rings. The lowest BCUT2D eigenvalue weighted by atomic mass is 9.93. The van der Waals surface area contributed by atoms with Gasteiger partial charge in [-0.1, -0.05) is 91.1 Å². The maximum Gasteiger partial charge on any atom is 0.326 e. The smallest absolute Gasteiger partial charge is 0.326 e. The molecule has 606 valence electrons. The minimum Gasteiger partial charge on any atom is -0.481 e. The Morgan fingerprint density at radius 2 is 0.915 bits per heavy atom. The fourth-order valence-corrected chi connectivity index (χ4v) is 17.7. The Labute approximate surface area is 659 Å². The van der Waals surface area contributed by atoms with Crippen LogP contribution in [0.3, 0.4) is 0 Å². The Hall–Kier alpha value is -12.6. The Morgan fingerprint density at radius 1 is 0.453 bits per heavy atom. The summed E-state index contributed by atoms with van der Waals surface area (Å²) < 4.78 is 32.6. The maximum atomic E-state index is 12.5. The Balaban J connectivity index is 0.000000101. The van der Waals surface area contributed by atoms with Gasteiger partial charge >= 0.3 is 17.9 Å². The Morgan fingerprint density at radius 3 is 1.42 bits per heavy atom. The summed E-state index contributed by atoms with van der Waals surface area (Å²) in [5.74, 6) is -9.34. The van der Waals surface area contributed by atoms with Gasteiger partial charge in [-0.05, 0) is 49.7 Å². The van der Waals surface area contributed by atoms with Gasteiger partial charge in [-0.2, -0.15) is 0 Å². The lowest BCUT2D eigenvalue weighted by Gasteiger charge is -2.29. The number of piperidine rings is 4. The first-order valence-corrected chi connectivity index (χ1v) is 37.8. The predicted octanol–water partition coefficient (Wildman–Crippen LogP) is -4.20. The highest BCUT2D eigenvalue weighted by atomic mass is 16.6. The number of hydrogen-bond acceptors (Lipinski definition) is 26. The van der Waals surface area contributed by atoms with Gasteiger partial charge in [0.05, 0.1) is 58.1 Å². The maximum absolute atomic E-state index is 12.5. The number of ether oxygens (including phenoxy) is 6. The molecule has 39 heteroatoms. The molecule has 6 aliphatic carbocycles. The number of imide groups is 6. The Bertz CT molecular complexity index is 5140. The van der Waals surface area contributed by atoms with Crippen LogP contribution in [0.15, 0.2) is 141 Å². The number of allylic oxidation sites excluding steroid dienone is 6. The molecule has 0 bridgehead atoms. The number of aliphatic carboxylic acids is 3. The second kappa shape index (κ2) is 28.7. The van der Waals surface area contributed by atoms with Gasteiger partial charge in [-0.3, -0.25) is 117 Å². The van der Waals surface area contributed by atoms with Gasteiger partial charge in [0.25, 0.3) is 47.3 Å². The number of epoxide rings is 6. The molecule has 3 spiro atoms. The van der Waals surface area contributed by atoms with Crippen molar-refractivity contribution in [2.75, 3.05) is 26.2 Å². The number of nitrogens with one attached hydrogen (secondary N) is 4. The summed E-state index contributed by atoms with van der Waals surface area (Å²) in [6.45, 7) is 1.37. The third-order valence-corrected chi connectivity index (χ3v) is 24.0. The van der Waals surface area contributed by atoms with Gasteiger partial charge in [0.2, 0.25) is 52.9 Å². The van der Waals surface area contributed by atoms with E-state index in [2.05, 4.69) is 21.3 Å². The third-order valence-electron chi connectivity index (χ3n) is 24.0. The summed E-state index contributed by atoms with van der Waals surface area (Å²) in [7, 11) is 0. The zero-order valence-corrected chi connectivity index (χ0v) is 61.4. The van der Waals surface area contributed by atoms with Gasteiger partial charge in [0.1, 0.15) is 103 Å². The number of nitrogens with zero attached hydrogens (tertiary/aromatic N) is 6. The molecule has 18 unspecified atom stereocenters. The fourth-order valence-electron chi connectivity index (χ4n) is 17.7. The molecule has 0 aromatic heterocycles. The number of carboxylic acids is 3. The molecule has 18 atom stereocenters. The molecule has 22 rings (SSSR count). The van der Waals surface area contributed by atoms with Crippen LogP contribution in [-0.2, 0) is 124 Å². The van der Waals surface area contributed by atoms with Gasteiger partial charge in [-0.25, -0.2) is 4.79 Å². The fraction of sp³-hybridized carbons (Fsp3) is 0.436. The van der Waals surface area contributed by atoms with Crippen molar-refractivity contribution in [2.45, 2.75) is 185 Å². The van der Waals surface area contributed by atoms with E-state index in [-0.39, 0.29) is 184 Å². The molecule has 117 heavy (non-hydrogen) atoms. The van der Waals surface area contributed by atoms with Crippen LogP contribution in [0.1, 0.15) is 77.0 Å². The highest BCUT2D eigenvalue weighted by molar-refractivity contribution is 6.25. The van der Waals surface area contributed by atoms with Crippen molar-refractivity contribution in [1.82, 2.24) is 50.7 Å². The molecule has 0 radical (unpaired) electrons. The highest BCUT2D eigenvalue weighted by Crippen LogP contribution is 2.55. The van der Waals surface area contributed by atoms with Crippen LogP contribution >= 0.6 is 0 Å². The minimum absolute atomic E-state index is 0.00338. The summed E-state index contributed by atoms with van der Waals surface area (Å²) in [5.41, 5.74) is 2.71. The van der Waals surface area contributed by atoms with E-state index in [0.717, 1.165) is 20.9 Å².